The van der Waals surface area contributed by atoms with Crippen LogP contribution in [0.1, 0.15) is 125 Å². The van der Waals surface area contributed by atoms with Crippen molar-refractivity contribution in [3.63, 3.8) is 0 Å². The first kappa shape index (κ1) is 33.2. The van der Waals surface area contributed by atoms with E-state index < -0.39 is 18.1 Å². The number of carbonyl (C=O) groups excluding carboxylic acids is 2. The molecule has 2 unspecified atom stereocenters. The largest absolute Gasteiger partial charge is 0.481 e. The van der Waals surface area contributed by atoms with E-state index in [9.17, 15) is 19.5 Å². The van der Waals surface area contributed by atoms with Crippen molar-refractivity contribution in [1.82, 2.24) is 5.32 Å². The summed E-state index contributed by atoms with van der Waals surface area (Å²) in [4.78, 5) is 36.7. The van der Waals surface area contributed by atoms with Crippen molar-refractivity contribution >= 4 is 17.7 Å². The van der Waals surface area contributed by atoms with Gasteiger partial charge in [0.05, 0.1) is 12.5 Å². The predicted octanol–water partition coefficient (Wildman–Crippen LogP) is 8.08. The smallest absolute Gasteiger partial charge is 0.307 e. The minimum absolute atomic E-state index is 0.0369. The zero-order valence-electron chi connectivity index (χ0n) is 24.5. The fourth-order valence-corrected chi connectivity index (χ4v) is 4.83. The van der Waals surface area contributed by atoms with E-state index in [1.54, 1.807) is 31.2 Å². The second-order valence-electron chi connectivity index (χ2n) is 10.8. The number of benzene rings is 2. The fraction of sp³-hybridized carbons (Fsp3) is 0.559. The second-order valence-corrected chi connectivity index (χ2v) is 10.8. The maximum Gasteiger partial charge on any atom is 0.307 e. The number of carboxylic acids is 1. The molecule has 1 amide bonds. The lowest BCUT2D eigenvalue weighted by atomic mass is 9.96. The standard InChI is InChI=1S/C34H49NO5/c1-3-4-5-6-7-8-9-10-11-12-13-15-20-31(34(38)39)25-32(36)35-27(2)40-26-28-21-23-30(24-22-28)33(37)29-18-16-14-17-19-29/h14,16-19,21-24,27,31H,3-13,15,20,25-26H2,1-2H3,(H,35,36)(H,38,39). The van der Waals surface area contributed by atoms with Crippen LogP contribution in [-0.2, 0) is 20.9 Å². The minimum Gasteiger partial charge on any atom is -0.481 e. The number of carboxylic acid groups (broad SMARTS) is 1. The van der Waals surface area contributed by atoms with Crippen LogP contribution in [0.5, 0.6) is 0 Å². The van der Waals surface area contributed by atoms with Gasteiger partial charge in [-0.3, -0.25) is 14.4 Å². The van der Waals surface area contributed by atoms with Gasteiger partial charge in [0.2, 0.25) is 5.91 Å². The van der Waals surface area contributed by atoms with Gasteiger partial charge in [0.15, 0.2) is 5.78 Å². The molecule has 2 N–H and O–H groups in total. The van der Waals surface area contributed by atoms with Crippen molar-refractivity contribution in [2.75, 3.05) is 0 Å². The molecule has 2 aromatic rings. The normalized spacial score (nSPS) is 12.6. The van der Waals surface area contributed by atoms with Crippen LogP contribution in [0.2, 0.25) is 0 Å². The average molecular weight is 552 g/mol. The summed E-state index contributed by atoms with van der Waals surface area (Å²) < 4.78 is 5.74. The van der Waals surface area contributed by atoms with E-state index in [1.165, 1.54) is 57.8 Å². The van der Waals surface area contributed by atoms with Gasteiger partial charge in [-0.1, -0.05) is 139 Å². The third kappa shape index (κ3) is 13.9. The summed E-state index contributed by atoms with van der Waals surface area (Å²) >= 11 is 0. The maximum absolute atomic E-state index is 12.5. The Morgan fingerprint density at radius 3 is 1.82 bits per heavy atom. The lowest BCUT2D eigenvalue weighted by Gasteiger charge is -2.17. The maximum atomic E-state index is 12.5. The highest BCUT2D eigenvalue weighted by Gasteiger charge is 2.21. The number of hydrogen-bond acceptors (Lipinski definition) is 4. The Morgan fingerprint density at radius 1 is 0.750 bits per heavy atom. The number of ether oxygens (including phenoxy) is 1. The number of unbranched alkanes of at least 4 members (excludes halogenated alkanes) is 11. The number of hydrogen-bond donors (Lipinski definition) is 2. The van der Waals surface area contributed by atoms with Crippen LogP contribution in [0, 0.1) is 5.92 Å². The molecule has 2 rings (SSSR count). The molecule has 0 aromatic heterocycles. The molecule has 0 aliphatic rings. The van der Waals surface area contributed by atoms with Gasteiger partial charge in [-0.05, 0) is 18.9 Å². The molecule has 220 valence electrons. The van der Waals surface area contributed by atoms with Crippen LogP contribution in [0.15, 0.2) is 54.6 Å². The van der Waals surface area contributed by atoms with Gasteiger partial charge >= 0.3 is 5.97 Å². The van der Waals surface area contributed by atoms with E-state index in [-0.39, 0.29) is 24.7 Å². The zero-order valence-corrected chi connectivity index (χ0v) is 24.5. The number of carbonyl (C=O) groups is 3. The van der Waals surface area contributed by atoms with Gasteiger partial charge in [0, 0.05) is 17.5 Å². The van der Waals surface area contributed by atoms with E-state index >= 15 is 0 Å². The predicted molar refractivity (Wildman–Crippen MR) is 160 cm³/mol. The van der Waals surface area contributed by atoms with Crippen molar-refractivity contribution in [2.24, 2.45) is 5.92 Å². The number of amides is 1. The van der Waals surface area contributed by atoms with E-state index in [0.717, 1.165) is 24.8 Å². The van der Waals surface area contributed by atoms with Gasteiger partial charge in [0.25, 0.3) is 0 Å². The second kappa shape index (κ2) is 20.0. The Bertz CT molecular complexity index is 989. The van der Waals surface area contributed by atoms with Gasteiger partial charge in [-0.2, -0.15) is 0 Å². The summed E-state index contributed by atoms with van der Waals surface area (Å²) in [5.41, 5.74) is 2.12. The third-order valence-corrected chi connectivity index (χ3v) is 7.30. The fourth-order valence-electron chi connectivity index (χ4n) is 4.83. The number of nitrogens with one attached hydrogen (secondary N) is 1. The first-order valence-electron chi connectivity index (χ1n) is 15.2. The van der Waals surface area contributed by atoms with Crippen LogP contribution in [0.3, 0.4) is 0 Å². The van der Waals surface area contributed by atoms with Crippen LogP contribution in [0.4, 0.5) is 0 Å². The third-order valence-electron chi connectivity index (χ3n) is 7.30. The Kier molecular flexibility index (Phi) is 16.6. The monoisotopic (exact) mass is 551 g/mol. The first-order valence-corrected chi connectivity index (χ1v) is 15.2. The molecule has 6 heteroatoms. The summed E-state index contributed by atoms with van der Waals surface area (Å²) in [7, 11) is 0. The molecule has 0 aliphatic carbocycles. The quantitative estimate of drug-likeness (QED) is 0.0876. The molecule has 0 radical (unpaired) electrons. The first-order chi connectivity index (χ1) is 19.4. The zero-order chi connectivity index (χ0) is 29.0. The molecule has 0 saturated heterocycles. The van der Waals surface area contributed by atoms with Gasteiger partial charge in [0.1, 0.15) is 6.23 Å². The Labute approximate surface area is 240 Å². The molecule has 6 nitrogen and oxygen atoms in total. The van der Waals surface area contributed by atoms with E-state index in [2.05, 4.69) is 12.2 Å². The van der Waals surface area contributed by atoms with Crippen LogP contribution < -0.4 is 5.32 Å². The number of rotatable bonds is 22. The lowest BCUT2D eigenvalue weighted by Crippen LogP contribution is -2.36. The Morgan fingerprint density at radius 2 is 1.27 bits per heavy atom. The number of ketones is 1. The number of aliphatic carboxylic acids is 1. The van der Waals surface area contributed by atoms with Crippen LogP contribution in [-0.4, -0.2) is 29.0 Å². The average Bonchev–Trinajstić information content (AvgIpc) is 2.96. The Hall–Kier alpha value is -2.99. The SMILES string of the molecule is CCCCCCCCCCCCCCC(CC(=O)NC(C)OCc1ccc(C(=O)c2ccccc2)cc1)C(=O)O. The minimum atomic E-state index is -0.920. The highest BCUT2D eigenvalue weighted by atomic mass is 16.5. The summed E-state index contributed by atoms with van der Waals surface area (Å²) in [6, 6.07) is 16.3. The van der Waals surface area contributed by atoms with Crippen LogP contribution >= 0.6 is 0 Å². The molecule has 0 heterocycles. The van der Waals surface area contributed by atoms with Crippen molar-refractivity contribution in [3.05, 3.63) is 71.3 Å². The van der Waals surface area contributed by atoms with E-state index in [0.29, 0.717) is 17.5 Å². The molecule has 0 bridgehead atoms. The molecule has 40 heavy (non-hydrogen) atoms. The molecule has 0 fully saturated rings. The molecule has 2 aromatic carbocycles. The van der Waals surface area contributed by atoms with Crippen molar-refractivity contribution in [3.8, 4) is 0 Å². The Balaban J connectivity index is 1.60. The van der Waals surface area contributed by atoms with E-state index in [1.807, 2.05) is 30.3 Å². The lowest BCUT2D eigenvalue weighted by molar-refractivity contribution is -0.145. The molecule has 2 atom stereocenters. The van der Waals surface area contributed by atoms with Gasteiger partial charge in [-0.15, -0.1) is 0 Å². The van der Waals surface area contributed by atoms with Crippen molar-refractivity contribution < 1.29 is 24.2 Å². The summed E-state index contributed by atoms with van der Waals surface area (Å²) in [5, 5.41) is 12.3. The summed E-state index contributed by atoms with van der Waals surface area (Å²) in [5.74, 6) is -1.95. The molecule has 0 saturated carbocycles. The molecule has 0 aliphatic heterocycles. The van der Waals surface area contributed by atoms with Gasteiger partial charge < -0.3 is 15.2 Å². The van der Waals surface area contributed by atoms with Gasteiger partial charge in [-0.25, -0.2) is 0 Å². The highest BCUT2D eigenvalue weighted by molar-refractivity contribution is 6.08. The van der Waals surface area contributed by atoms with Crippen molar-refractivity contribution in [2.45, 2.75) is 117 Å². The highest BCUT2D eigenvalue weighted by Crippen LogP contribution is 2.17. The molecular formula is C34H49NO5. The van der Waals surface area contributed by atoms with E-state index in [4.69, 9.17) is 4.74 Å². The van der Waals surface area contributed by atoms with Crippen molar-refractivity contribution in [1.29, 1.82) is 0 Å². The molecule has 0 spiro atoms. The molecular weight excluding hydrogens is 502 g/mol. The summed E-state index contributed by atoms with van der Waals surface area (Å²) in [6.45, 7) is 4.24. The summed E-state index contributed by atoms with van der Waals surface area (Å²) in [6.07, 6.45) is 14.7. The van der Waals surface area contributed by atoms with Crippen LogP contribution in [0.25, 0.3) is 0 Å². The topological polar surface area (TPSA) is 92.7 Å².